The smallest absolute Gasteiger partial charge is 0.337 e. The molecule has 0 saturated carbocycles. The first kappa shape index (κ1) is 7.81. The summed E-state index contributed by atoms with van der Waals surface area (Å²) >= 11 is 6.23. The lowest BCUT2D eigenvalue weighted by Crippen LogP contribution is -1.91. The monoisotopic (exact) mass is 267 g/mol. The van der Waals surface area contributed by atoms with E-state index in [4.69, 9.17) is 5.11 Å². The van der Waals surface area contributed by atoms with Crippen molar-refractivity contribution in [3.05, 3.63) is 22.4 Å². The molecule has 10 heavy (non-hydrogen) atoms. The molecule has 1 rings (SSSR count). The van der Waals surface area contributed by atoms with E-state index in [9.17, 15) is 4.79 Å². The SMILES string of the molecule is O=C(O)c1cc(Br)n(Br)c1. The van der Waals surface area contributed by atoms with E-state index in [1.54, 1.807) is 0 Å². The van der Waals surface area contributed by atoms with Crippen molar-refractivity contribution >= 4 is 38.0 Å². The van der Waals surface area contributed by atoms with Crippen LogP contribution in [0.3, 0.4) is 0 Å². The van der Waals surface area contributed by atoms with Gasteiger partial charge in [-0.05, 0) is 22.0 Å². The molecule has 0 atom stereocenters. The van der Waals surface area contributed by atoms with Gasteiger partial charge in [-0.2, -0.15) is 0 Å². The van der Waals surface area contributed by atoms with E-state index in [0.29, 0.717) is 4.60 Å². The van der Waals surface area contributed by atoms with Crippen molar-refractivity contribution in [2.24, 2.45) is 0 Å². The second-order valence-electron chi connectivity index (χ2n) is 1.67. The van der Waals surface area contributed by atoms with Crippen molar-refractivity contribution in [1.82, 2.24) is 3.59 Å². The highest BCUT2D eigenvalue weighted by Gasteiger charge is 2.06. The Bertz CT molecular complexity index is 249. The zero-order chi connectivity index (χ0) is 7.72. The molecule has 0 aliphatic carbocycles. The highest BCUT2D eigenvalue weighted by atomic mass is 79.9. The van der Waals surface area contributed by atoms with Crippen LogP contribution >= 0.6 is 32.1 Å². The molecule has 0 amide bonds. The largest absolute Gasteiger partial charge is 0.478 e. The number of aromatic nitrogens is 1. The summed E-state index contributed by atoms with van der Waals surface area (Å²) in [6.45, 7) is 0. The van der Waals surface area contributed by atoms with Crippen molar-refractivity contribution in [2.45, 2.75) is 0 Å². The molecule has 0 fully saturated rings. The van der Waals surface area contributed by atoms with Gasteiger partial charge in [-0.25, -0.2) is 4.79 Å². The average molecular weight is 269 g/mol. The van der Waals surface area contributed by atoms with Crippen LogP contribution in [-0.2, 0) is 0 Å². The number of hydrogen-bond donors (Lipinski definition) is 1. The Morgan fingerprint density at radius 1 is 1.70 bits per heavy atom. The Kier molecular flexibility index (Phi) is 2.15. The van der Waals surface area contributed by atoms with Crippen molar-refractivity contribution in [3.8, 4) is 0 Å². The van der Waals surface area contributed by atoms with E-state index in [1.807, 2.05) is 0 Å². The van der Waals surface area contributed by atoms with Crippen LogP contribution in [0, 0.1) is 0 Å². The van der Waals surface area contributed by atoms with E-state index >= 15 is 0 Å². The molecule has 0 unspecified atom stereocenters. The first-order chi connectivity index (χ1) is 4.61. The van der Waals surface area contributed by atoms with Gasteiger partial charge in [0.2, 0.25) is 0 Å². The molecule has 1 heterocycles. The molecular weight excluding hydrogens is 266 g/mol. The molecule has 0 aliphatic heterocycles. The quantitative estimate of drug-likeness (QED) is 0.848. The molecule has 3 nitrogen and oxygen atoms in total. The van der Waals surface area contributed by atoms with Crippen molar-refractivity contribution in [2.75, 3.05) is 0 Å². The van der Waals surface area contributed by atoms with Crippen LogP contribution < -0.4 is 0 Å². The molecule has 0 aromatic carbocycles. The molecule has 0 aliphatic rings. The third-order valence-corrected chi connectivity index (χ3v) is 2.65. The summed E-state index contributed by atoms with van der Waals surface area (Å²) in [5, 5.41) is 8.47. The minimum absolute atomic E-state index is 0.253. The third-order valence-electron chi connectivity index (χ3n) is 0.978. The second kappa shape index (κ2) is 2.75. The normalized spacial score (nSPS) is 9.80. The van der Waals surface area contributed by atoms with Gasteiger partial charge >= 0.3 is 5.97 Å². The average Bonchev–Trinajstić information content (AvgIpc) is 2.13. The number of carbonyl (C=O) groups is 1. The Balaban J connectivity index is 3.10. The summed E-state index contributed by atoms with van der Waals surface area (Å²) in [6.07, 6.45) is 1.46. The standard InChI is InChI=1S/C5H3Br2NO2/c6-4-1-3(5(9)10)2-8(4)7/h1-2H,(H,9,10). The summed E-state index contributed by atoms with van der Waals surface area (Å²) in [4.78, 5) is 10.3. The van der Waals surface area contributed by atoms with E-state index in [2.05, 4.69) is 32.1 Å². The van der Waals surface area contributed by atoms with Gasteiger partial charge in [-0.15, -0.1) is 0 Å². The number of rotatable bonds is 1. The summed E-state index contributed by atoms with van der Waals surface area (Å²) < 4.78 is 2.20. The summed E-state index contributed by atoms with van der Waals surface area (Å²) in [5.74, 6) is -0.932. The maximum absolute atomic E-state index is 10.3. The highest BCUT2D eigenvalue weighted by molar-refractivity contribution is 9.12. The van der Waals surface area contributed by atoms with Gasteiger partial charge in [0.1, 0.15) is 0 Å². The van der Waals surface area contributed by atoms with Crippen LogP contribution in [0.5, 0.6) is 0 Å². The molecular formula is C5H3Br2NO2. The van der Waals surface area contributed by atoms with Gasteiger partial charge in [0.05, 0.1) is 26.3 Å². The highest BCUT2D eigenvalue weighted by Crippen LogP contribution is 2.17. The second-order valence-corrected chi connectivity index (χ2v) is 3.24. The Morgan fingerprint density at radius 2 is 2.30 bits per heavy atom. The number of carboxylic acid groups (broad SMARTS) is 1. The van der Waals surface area contributed by atoms with Gasteiger partial charge in [0.25, 0.3) is 0 Å². The Hall–Kier alpha value is -0.290. The number of halogens is 2. The fraction of sp³-hybridized carbons (Fsp3) is 0. The van der Waals surface area contributed by atoms with Crippen molar-refractivity contribution in [1.29, 1.82) is 0 Å². The predicted octanol–water partition coefficient (Wildman–Crippen LogP) is 2.11. The van der Waals surface area contributed by atoms with Crippen LogP contribution in [0.15, 0.2) is 16.9 Å². The van der Waals surface area contributed by atoms with Gasteiger partial charge in [0.15, 0.2) is 0 Å². The lowest BCUT2D eigenvalue weighted by atomic mass is 10.4. The van der Waals surface area contributed by atoms with Gasteiger partial charge < -0.3 is 5.11 Å². The van der Waals surface area contributed by atoms with Crippen LogP contribution in [0.4, 0.5) is 0 Å². The summed E-state index contributed by atoms with van der Waals surface area (Å²) in [7, 11) is 0. The maximum atomic E-state index is 10.3. The number of nitrogens with zero attached hydrogens (tertiary/aromatic N) is 1. The van der Waals surface area contributed by atoms with Crippen LogP contribution in [0.2, 0.25) is 0 Å². The predicted molar refractivity (Wildman–Crippen MR) is 43.4 cm³/mol. The van der Waals surface area contributed by atoms with Crippen molar-refractivity contribution < 1.29 is 9.90 Å². The van der Waals surface area contributed by atoms with E-state index in [0.717, 1.165) is 0 Å². The van der Waals surface area contributed by atoms with Crippen LogP contribution in [0.25, 0.3) is 0 Å². The molecule has 0 radical (unpaired) electrons. The topological polar surface area (TPSA) is 42.2 Å². The number of hydrogen-bond acceptors (Lipinski definition) is 1. The van der Waals surface area contributed by atoms with E-state index in [1.165, 1.54) is 15.9 Å². The van der Waals surface area contributed by atoms with Gasteiger partial charge in [0, 0.05) is 6.20 Å². The van der Waals surface area contributed by atoms with E-state index in [-0.39, 0.29) is 5.56 Å². The Morgan fingerprint density at radius 3 is 2.50 bits per heavy atom. The van der Waals surface area contributed by atoms with Gasteiger partial charge in [-0.1, -0.05) is 0 Å². The maximum Gasteiger partial charge on any atom is 0.337 e. The minimum Gasteiger partial charge on any atom is -0.478 e. The molecule has 1 aromatic rings. The molecule has 0 saturated heterocycles. The molecule has 0 bridgehead atoms. The molecule has 1 aromatic heterocycles. The lowest BCUT2D eigenvalue weighted by molar-refractivity contribution is 0.0697. The van der Waals surface area contributed by atoms with Gasteiger partial charge in [-0.3, -0.25) is 3.59 Å². The zero-order valence-corrected chi connectivity index (χ0v) is 7.89. The third kappa shape index (κ3) is 1.41. The van der Waals surface area contributed by atoms with Crippen LogP contribution in [-0.4, -0.2) is 14.7 Å². The van der Waals surface area contributed by atoms with E-state index < -0.39 is 5.97 Å². The Labute approximate surface area is 74.1 Å². The molecule has 54 valence electrons. The first-order valence-electron chi connectivity index (χ1n) is 2.38. The summed E-state index contributed by atoms with van der Waals surface area (Å²) in [6, 6.07) is 1.51. The molecule has 5 heteroatoms. The number of carboxylic acids is 1. The fourth-order valence-electron chi connectivity index (χ4n) is 0.528. The first-order valence-corrected chi connectivity index (χ1v) is 3.89. The zero-order valence-electron chi connectivity index (χ0n) is 4.71. The van der Waals surface area contributed by atoms with Crippen molar-refractivity contribution in [3.63, 3.8) is 0 Å². The van der Waals surface area contributed by atoms with Crippen LogP contribution in [0.1, 0.15) is 10.4 Å². The summed E-state index contributed by atoms with van der Waals surface area (Å²) in [5.41, 5.74) is 0.253. The molecule has 0 spiro atoms. The fourth-order valence-corrected chi connectivity index (χ4v) is 1.20. The number of aromatic carboxylic acids is 1. The molecule has 1 N–H and O–H groups in total. The lowest BCUT2D eigenvalue weighted by Gasteiger charge is -1.84. The minimum atomic E-state index is -0.932.